The van der Waals surface area contributed by atoms with Crippen molar-refractivity contribution in [3.63, 3.8) is 0 Å². The smallest absolute Gasteiger partial charge is 0.133 e. The molecule has 0 amide bonds. The number of likely N-dealkylation sites (N-methyl/N-ethyl adjacent to an activating group) is 2. The van der Waals surface area contributed by atoms with Gasteiger partial charge in [-0.3, -0.25) is 29.1 Å². The Morgan fingerprint density at radius 2 is 0.679 bits per heavy atom. The van der Waals surface area contributed by atoms with Crippen LogP contribution in [0.1, 0.15) is 290 Å². The van der Waals surface area contributed by atoms with Crippen molar-refractivity contribution in [2.75, 3.05) is 101 Å². The van der Waals surface area contributed by atoms with E-state index < -0.39 is 0 Å². The summed E-state index contributed by atoms with van der Waals surface area (Å²) in [5, 5.41) is 0. The molecule has 6 aliphatic heterocycles. The van der Waals surface area contributed by atoms with Crippen molar-refractivity contribution < 1.29 is 37.6 Å². The summed E-state index contributed by atoms with van der Waals surface area (Å²) in [5.74, 6) is 14.6. The molecule has 0 radical (unpaired) electrons. The van der Waals surface area contributed by atoms with E-state index in [1.165, 1.54) is 161 Å². The molecule has 6 heterocycles. The number of rotatable bonds is 8. The molecule has 30 atom stereocenters. The van der Waals surface area contributed by atoms with Gasteiger partial charge in [0.1, 0.15) is 17.3 Å². The predicted molar refractivity (Wildman–Crippen MR) is 459 cm³/mol. The Kier molecular flexibility index (Phi) is 25.4. The van der Waals surface area contributed by atoms with Gasteiger partial charge in [0.25, 0.3) is 0 Å². The maximum atomic E-state index is 12.3. The topological polar surface area (TPSA) is 115 Å². The lowest BCUT2D eigenvalue weighted by atomic mass is 9.52. The number of nitrogens with zero attached hydrogens (tertiary/aromatic N) is 5. The minimum Gasteiger partial charge on any atom is -0.369 e. The van der Waals surface area contributed by atoms with Gasteiger partial charge in [0.05, 0.1) is 90.5 Å². The van der Waals surface area contributed by atoms with Gasteiger partial charge in [-0.15, -0.1) is 0 Å². The number of carbonyl (C=O) groups excluding carboxylic acids is 3. The summed E-state index contributed by atoms with van der Waals surface area (Å²) in [4.78, 5) is 45.1. The fourth-order valence-electron chi connectivity index (χ4n) is 31.8. The molecular weight excluding hydrogens is 1380 g/mol. The zero-order chi connectivity index (χ0) is 80.5. The van der Waals surface area contributed by atoms with Gasteiger partial charge in [-0.2, -0.15) is 13.8 Å². The number of nitrogens with two attached hydrogens (primary N) is 1. The first-order chi connectivity index (χ1) is 53.1. The number of carbonyl (C=O) groups is 3. The summed E-state index contributed by atoms with van der Waals surface area (Å²) in [5.41, 5.74) is 17.8. The standard InChI is InChI=1S/2C33H55N2O2.C30H48N2O2.2C2H5/c2*1-21-16-30-31(34(20-21)14-15-35(5,6)7)23(3)33(37-30)13-11-26-27-9-8-24-17-25(36)10-12-32(24,4)29(27)18-28(26)22(2)19-33;1-18-13-27-28(32(17-18)12-11-31)20(3)30(34-27)10-8-23-24-6-5-21-14-22(33)7-9-29(21,4)26(24)15-25(23)19(2)16-30;2*1-2/h2*21,23-24,26-27,29-31H,8-20H2,1-7H3;18,20-21,23-24,26-28H,5-17,31H2,1-4H3;2*1H2,2H3/q2*+1;;2*-1/t2*21-,23+,24+,26-,27-,29-,30+,31-,32-,33-;18-,20+,21+,23-,24-,26-,27+,28-,29-,30-;;/m000../s1. The largest absolute Gasteiger partial charge is 0.369 e. The quantitative estimate of drug-likeness (QED) is 0.143. The van der Waals surface area contributed by atoms with Crippen LogP contribution in [0.4, 0.5) is 0 Å². The molecule has 0 bridgehead atoms. The third-order valence-corrected chi connectivity index (χ3v) is 37.5. The van der Waals surface area contributed by atoms with Gasteiger partial charge < -0.3 is 42.8 Å². The van der Waals surface area contributed by atoms with Crippen LogP contribution in [-0.4, -0.2) is 195 Å². The van der Waals surface area contributed by atoms with Crippen LogP contribution in [0.15, 0.2) is 33.4 Å². The zero-order valence-corrected chi connectivity index (χ0v) is 75.6. The van der Waals surface area contributed by atoms with Crippen molar-refractivity contribution in [1.82, 2.24) is 14.7 Å². The third-order valence-electron chi connectivity index (χ3n) is 37.5. The second kappa shape index (κ2) is 33.0. The average molecular weight is 1550 g/mol. The van der Waals surface area contributed by atoms with Crippen molar-refractivity contribution in [2.45, 2.75) is 343 Å². The van der Waals surface area contributed by atoms with Crippen molar-refractivity contribution in [1.29, 1.82) is 0 Å². The van der Waals surface area contributed by atoms with E-state index in [9.17, 15) is 14.4 Å². The highest BCUT2D eigenvalue weighted by atomic mass is 16.5. The van der Waals surface area contributed by atoms with Crippen molar-refractivity contribution >= 4 is 17.3 Å². The lowest BCUT2D eigenvalue weighted by Gasteiger charge is -2.52. The molecule has 0 aromatic rings. The number of ketones is 3. The van der Waals surface area contributed by atoms with E-state index in [1.807, 2.05) is 16.7 Å². The number of piperidine rings is 3. The van der Waals surface area contributed by atoms with E-state index in [1.54, 1.807) is 30.6 Å². The summed E-state index contributed by atoms with van der Waals surface area (Å²) < 4.78 is 23.8. The Balaban J connectivity index is 0.000000137. The summed E-state index contributed by atoms with van der Waals surface area (Å²) in [6.07, 6.45) is 36.3. The summed E-state index contributed by atoms with van der Waals surface area (Å²) in [7, 11) is 14.0. The summed E-state index contributed by atoms with van der Waals surface area (Å²) >= 11 is 0. The Labute approximate surface area is 685 Å². The third kappa shape index (κ3) is 15.7. The molecule has 112 heavy (non-hydrogen) atoms. The fourth-order valence-corrected chi connectivity index (χ4v) is 31.8. The zero-order valence-electron chi connectivity index (χ0n) is 75.6. The van der Waals surface area contributed by atoms with Crippen molar-refractivity contribution in [3.8, 4) is 0 Å². The van der Waals surface area contributed by atoms with Crippen molar-refractivity contribution in [3.05, 3.63) is 47.3 Å². The lowest BCUT2D eigenvalue weighted by molar-refractivity contribution is -0.869. The minimum atomic E-state index is 0.0154. The molecule has 2 N–H and O–H groups in total. The summed E-state index contributed by atoms with van der Waals surface area (Å²) in [6.45, 7) is 50.2. The van der Waals surface area contributed by atoms with Gasteiger partial charge >= 0.3 is 0 Å². The van der Waals surface area contributed by atoms with Crippen molar-refractivity contribution in [2.24, 2.45) is 129 Å². The maximum absolute atomic E-state index is 12.3. The minimum absolute atomic E-state index is 0.0154. The van der Waals surface area contributed by atoms with Gasteiger partial charge in [0.2, 0.25) is 0 Å². The van der Waals surface area contributed by atoms with Crippen LogP contribution in [0.25, 0.3) is 0 Å². The monoisotopic (exact) mass is 1550 g/mol. The van der Waals surface area contributed by atoms with E-state index in [0.717, 1.165) is 164 Å². The van der Waals surface area contributed by atoms with Crippen LogP contribution < -0.4 is 5.73 Å². The van der Waals surface area contributed by atoms with Crippen LogP contribution in [0, 0.1) is 137 Å². The number of ether oxygens (including phenoxy) is 3. The number of hydrogen-bond acceptors (Lipinski definition) is 10. The first kappa shape index (κ1) is 86.3. The number of fused-ring (bicyclic) bond motifs is 18. The van der Waals surface area contributed by atoms with Gasteiger partial charge in [0.15, 0.2) is 0 Å². The lowest BCUT2D eigenvalue weighted by Crippen LogP contribution is -2.54. The molecule has 0 unspecified atom stereocenters. The Morgan fingerprint density at radius 1 is 0.402 bits per heavy atom. The maximum Gasteiger partial charge on any atom is 0.133 e. The van der Waals surface area contributed by atoms with E-state index in [2.05, 4.69) is 154 Å². The molecule has 18 rings (SSSR count). The molecule has 12 heteroatoms. The molecular formula is C100H168N6O6. The van der Waals surface area contributed by atoms with E-state index in [-0.39, 0.29) is 16.8 Å². The Bertz CT molecular complexity index is 3320. The number of allylic oxidation sites excluding steroid dienone is 3. The number of quaternary nitrogens is 2. The highest BCUT2D eigenvalue weighted by molar-refractivity contribution is 5.80. The molecule has 6 saturated heterocycles. The van der Waals surface area contributed by atoms with Crippen LogP contribution in [-0.2, 0) is 28.6 Å². The molecule has 9 saturated carbocycles. The van der Waals surface area contributed by atoms with Gasteiger partial charge in [-0.1, -0.05) is 95.8 Å². The predicted octanol–water partition coefficient (Wildman–Crippen LogP) is 19.2. The van der Waals surface area contributed by atoms with Crippen LogP contribution in [0.3, 0.4) is 0 Å². The van der Waals surface area contributed by atoms with E-state index in [0.29, 0.717) is 111 Å². The second-order valence-electron chi connectivity index (χ2n) is 45.7. The molecule has 0 aromatic carbocycles. The molecule has 12 aliphatic carbocycles. The molecule has 18 aliphatic rings. The van der Waals surface area contributed by atoms with E-state index >= 15 is 0 Å². The van der Waals surface area contributed by atoms with Crippen LogP contribution in [0.2, 0.25) is 0 Å². The Morgan fingerprint density at radius 3 is 0.946 bits per heavy atom. The van der Waals surface area contributed by atoms with E-state index in [4.69, 9.17) is 19.9 Å². The molecule has 15 fully saturated rings. The van der Waals surface area contributed by atoms with Gasteiger partial charge in [0, 0.05) is 120 Å². The number of hydrogen-bond donors (Lipinski definition) is 1. The SMILES string of the molecule is CC1=C2C[C@H]3[C@@H](CC[C@@H]4CC(=O)CC[C@@]43C)[C@@H]2CC[C@@]2(C1)O[C@@H]1C[C@H](C)CN(CCN)[C@H]1[C@H]2C.CC1=C2C[C@H]3[C@@H](CC[C@@H]4CC(=O)CC[C@@]43C)[C@@H]2CC[C@@]2(C1)O[C@@H]1C[C@H](C)CN(CC[N+](C)(C)C)[C@H]1[C@H]2C.CC1=C2C[C@H]3[C@@H](CC[C@@H]4CC(=O)CC[C@@]43C)[C@@H]2CC[C@@]2(C1)O[C@@H]1C[C@H](C)CN(CC[N+](C)(C)C)[C@H]1[C@H]2C.[CH2-]C.[CH2-]C. The van der Waals surface area contributed by atoms with Gasteiger partial charge in [-0.25, -0.2) is 0 Å². The number of likely N-dealkylation sites (tertiary alicyclic amines) is 3. The number of Topliss-reactive ketones (excluding diaryl/α,β-unsaturated/α-hetero) is 3. The average Bonchev–Trinajstić information content (AvgIpc) is 1.56. The Hall–Kier alpha value is -2.13. The van der Waals surface area contributed by atoms with Crippen LogP contribution >= 0.6 is 0 Å². The molecule has 0 aromatic heterocycles. The first-order valence-corrected chi connectivity index (χ1v) is 47.6. The highest BCUT2D eigenvalue weighted by Crippen LogP contribution is 2.70. The molecule has 634 valence electrons. The highest BCUT2D eigenvalue weighted by Gasteiger charge is 2.65. The van der Waals surface area contributed by atoms with Gasteiger partial charge in [-0.05, 0) is 280 Å². The first-order valence-electron chi connectivity index (χ1n) is 47.6. The fraction of sp³-hybridized carbons (Fsp3) is 0.890. The summed E-state index contributed by atoms with van der Waals surface area (Å²) in [6, 6.07) is 1.71. The molecule has 3 spiro atoms. The van der Waals surface area contributed by atoms with Crippen LogP contribution in [0.5, 0.6) is 0 Å². The normalized spacial score (nSPS) is 47.7. The molecule has 12 nitrogen and oxygen atoms in total. The second-order valence-corrected chi connectivity index (χ2v) is 45.7.